The number of benzene rings is 1. The predicted molar refractivity (Wildman–Crippen MR) is 105 cm³/mol. The van der Waals surface area contributed by atoms with Crippen molar-refractivity contribution in [3.05, 3.63) is 56.4 Å². The van der Waals surface area contributed by atoms with Crippen LogP contribution in [0.2, 0.25) is 0 Å². The Balaban J connectivity index is 1.68. The van der Waals surface area contributed by atoms with Crippen LogP contribution in [0.1, 0.15) is 48.1 Å². The third-order valence-electron chi connectivity index (χ3n) is 5.03. The number of hydrogen-bond donors (Lipinski definition) is 2. The SMILES string of the molecule is Cc1ccc(N[C@H](C)c2nc3sc4c(c3c(=O)[nH]2)CC[C@@H](C)C4)cc1. The number of nitrogens with zero attached hydrogens (tertiary/aromatic N) is 1. The summed E-state index contributed by atoms with van der Waals surface area (Å²) >= 11 is 1.70. The van der Waals surface area contributed by atoms with Crippen molar-refractivity contribution in [1.29, 1.82) is 0 Å². The minimum atomic E-state index is -0.0575. The fourth-order valence-corrected chi connectivity index (χ4v) is 4.93. The highest BCUT2D eigenvalue weighted by Gasteiger charge is 2.23. The molecule has 2 heterocycles. The zero-order chi connectivity index (χ0) is 17.6. The van der Waals surface area contributed by atoms with Crippen molar-refractivity contribution in [3.63, 3.8) is 0 Å². The van der Waals surface area contributed by atoms with E-state index in [0.717, 1.165) is 35.2 Å². The van der Waals surface area contributed by atoms with Gasteiger partial charge in [0.25, 0.3) is 5.56 Å². The summed E-state index contributed by atoms with van der Waals surface area (Å²) in [6.07, 6.45) is 3.23. The maximum Gasteiger partial charge on any atom is 0.259 e. The van der Waals surface area contributed by atoms with Crippen LogP contribution in [-0.4, -0.2) is 9.97 Å². The molecule has 1 aliphatic rings. The Morgan fingerprint density at radius 2 is 2.08 bits per heavy atom. The topological polar surface area (TPSA) is 57.8 Å². The normalized spacial score (nSPS) is 18.1. The molecule has 1 aromatic carbocycles. The van der Waals surface area contributed by atoms with E-state index in [4.69, 9.17) is 4.98 Å². The summed E-state index contributed by atoms with van der Waals surface area (Å²) in [4.78, 5) is 22.7. The quantitative estimate of drug-likeness (QED) is 0.724. The van der Waals surface area contributed by atoms with Crippen molar-refractivity contribution in [2.24, 2.45) is 5.92 Å². The molecule has 0 radical (unpaired) electrons. The molecule has 0 fully saturated rings. The molecule has 4 rings (SSSR count). The van der Waals surface area contributed by atoms with E-state index in [1.807, 2.05) is 19.1 Å². The Morgan fingerprint density at radius 1 is 1.32 bits per heavy atom. The lowest BCUT2D eigenvalue weighted by atomic mass is 9.89. The van der Waals surface area contributed by atoms with Gasteiger partial charge in [-0.1, -0.05) is 24.6 Å². The van der Waals surface area contributed by atoms with Gasteiger partial charge in [0.2, 0.25) is 0 Å². The van der Waals surface area contributed by atoms with E-state index >= 15 is 0 Å². The summed E-state index contributed by atoms with van der Waals surface area (Å²) in [5.41, 5.74) is 3.49. The van der Waals surface area contributed by atoms with Crippen molar-refractivity contribution in [2.45, 2.75) is 46.1 Å². The Hall–Kier alpha value is -2.14. The van der Waals surface area contributed by atoms with E-state index in [0.29, 0.717) is 11.7 Å². The molecule has 25 heavy (non-hydrogen) atoms. The molecule has 0 amide bonds. The van der Waals surface area contributed by atoms with Gasteiger partial charge in [0.15, 0.2) is 0 Å². The molecule has 2 N–H and O–H groups in total. The van der Waals surface area contributed by atoms with Gasteiger partial charge in [-0.3, -0.25) is 4.79 Å². The van der Waals surface area contributed by atoms with Crippen LogP contribution < -0.4 is 10.9 Å². The lowest BCUT2D eigenvalue weighted by Crippen LogP contribution is -2.18. The van der Waals surface area contributed by atoms with Crippen LogP contribution in [0.4, 0.5) is 5.69 Å². The number of thiophene rings is 1. The summed E-state index contributed by atoms with van der Waals surface area (Å²) in [5, 5.41) is 4.24. The van der Waals surface area contributed by atoms with Crippen LogP contribution in [0.15, 0.2) is 29.1 Å². The van der Waals surface area contributed by atoms with Crippen LogP contribution in [0.3, 0.4) is 0 Å². The van der Waals surface area contributed by atoms with Crippen LogP contribution in [0, 0.1) is 12.8 Å². The van der Waals surface area contributed by atoms with Gasteiger partial charge < -0.3 is 10.3 Å². The molecule has 0 saturated heterocycles. The van der Waals surface area contributed by atoms with Gasteiger partial charge in [0, 0.05) is 10.6 Å². The monoisotopic (exact) mass is 353 g/mol. The number of aromatic amines is 1. The number of nitrogens with one attached hydrogen (secondary N) is 2. The molecule has 2 aromatic heterocycles. The molecule has 2 atom stereocenters. The van der Waals surface area contributed by atoms with Crippen molar-refractivity contribution in [1.82, 2.24) is 9.97 Å². The standard InChI is InChI=1S/C20H23N3OS/c1-11-4-7-14(8-5-11)21-13(3)18-22-19(24)17-15-9-6-12(2)10-16(15)25-20(17)23-18/h4-5,7-8,12-13,21H,6,9-10H2,1-3H3,(H,22,23,24)/t12-,13-/m1/s1. The average molecular weight is 353 g/mol. The Kier molecular flexibility index (Phi) is 4.12. The first kappa shape index (κ1) is 16.3. The number of H-pyrrole nitrogens is 1. The molecular weight excluding hydrogens is 330 g/mol. The lowest BCUT2D eigenvalue weighted by molar-refractivity contribution is 0.509. The third-order valence-corrected chi connectivity index (χ3v) is 6.18. The first-order valence-corrected chi connectivity index (χ1v) is 9.70. The van der Waals surface area contributed by atoms with Crippen molar-refractivity contribution >= 4 is 27.2 Å². The van der Waals surface area contributed by atoms with E-state index < -0.39 is 0 Å². The van der Waals surface area contributed by atoms with E-state index in [9.17, 15) is 4.79 Å². The predicted octanol–water partition coefficient (Wildman–Crippen LogP) is 4.59. The largest absolute Gasteiger partial charge is 0.375 e. The summed E-state index contributed by atoms with van der Waals surface area (Å²) in [6.45, 7) is 6.38. The van der Waals surface area contributed by atoms with Gasteiger partial charge in [-0.15, -0.1) is 11.3 Å². The van der Waals surface area contributed by atoms with Crippen molar-refractivity contribution in [3.8, 4) is 0 Å². The molecule has 0 spiro atoms. The zero-order valence-corrected chi connectivity index (χ0v) is 15.7. The summed E-state index contributed by atoms with van der Waals surface area (Å²) < 4.78 is 0. The van der Waals surface area contributed by atoms with Gasteiger partial charge in [-0.25, -0.2) is 4.98 Å². The third kappa shape index (κ3) is 3.09. The summed E-state index contributed by atoms with van der Waals surface area (Å²) in [7, 11) is 0. The van der Waals surface area contributed by atoms with Crippen LogP contribution in [-0.2, 0) is 12.8 Å². The molecule has 5 heteroatoms. The van der Waals surface area contributed by atoms with E-state index in [2.05, 4.69) is 36.3 Å². The number of hydrogen-bond acceptors (Lipinski definition) is 4. The minimum Gasteiger partial charge on any atom is -0.375 e. The second kappa shape index (κ2) is 6.30. The molecule has 3 aromatic rings. The Bertz CT molecular complexity index is 971. The molecule has 0 unspecified atom stereocenters. The molecular formula is C20H23N3OS. The lowest BCUT2D eigenvalue weighted by Gasteiger charge is -2.17. The zero-order valence-electron chi connectivity index (χ0n) is 14.8. The van der Waals surface area contributed by atoms with Gasteiger partial charge in [0.05, 0.1) is 11.4 Å². The number of aromatic nitrogens is 2. The molecule has 1 aliphatic carbocycles. The minimum absolute atomic E-state index is 0.00427. The van der Waals surface area contributed by atoms with E-state index in [1.165, 1.54) is 16.0 Å². The maximum absolute atomic E-state index is 12.7. The van der Waals surface area contributed by atoms with Gasteiger partial charge >= 0.3 is 0 Å². The van der Waals surface area contributed by atoms with Crippen LogP contribution in [0.5, 0.6) is 0 Å². The van der Waals surface area contributed by atoms with E-state index in [1.54, 1.807) is 11.3 Å². The second-order valence-corrected chi connectivity index (χ2v) is 8.30. The van der Waals surface area contributed by atoms with Gasteiger partial charge in [-0.05, 0) is 56.7 Å². The van der Waals surface area contributed by atoms with Crippen LogP contribution >= 0.6 is 11.3 Å². The van der Waals surface area contributed by atoms with Crippen LogP contribution in [0.25, 0.3) is 10.2 Å². The highest BCUT2D eigenvalue weighted by Crippen LogP contribution is 2.35. The fraction of sp³-hybridized carbons (Fsp3) is 0.400. The summed E-state index contributed by atoms with van der Waals surface area (Å²) in [6, 6.07) is 8.19. The first-order chi connectivity index (χ1) is 12.0. The number of rotatable bonds is 3. The molecule has 0 bridgehead atoms. The smallest absolute Gasteiger partial charge is 0.259 e. The fourth-order valence-electron chi connectivity index (χ4n) is 3.54. The number of anilines is 1. The molecule has 130 valence electrons. The first-order valence-electron chi connectivity index (χ1n) is 8.89. The molecule has 0 saturated carbocycles. The molecule has 0 aliphatic heterocycles. The average Bonchev–Trinajstić information content (AvgIpc) is 2.94. The summed E-state index contributed by atoms with van der Waals surface area (Å²) in [5.74, 6) is 1.39. The highest BCUT2D eigenvalue weighted by atomic mass is 32.1. The van der Waals surface area contributed by atoms with Crippen molar-refractivity contribution < 1.29 is 0 Å². The number of fused-ring (bicyclic) bond motifs is 3. The Labute approximate surface area is 151 Å². The van der Waals surface area contributed by atoms with E-state index in [-0.39, 0.29) is 11.6 Å². The Morgan fingerprint density at radius 3 is 2.84 bits per heavy atom. The highest BCUT2D eigenvalue weighted by molar-refractivity contribution is 7.18. The van der Waals surface area contributed by atoms with Crippen molar-refractivity contribution in [2.75, 3.05) is 5.32 Å². The second-order valence-electron chi connectivity index (χ2n) is 7.22. The maximum atomic E-state index is 12.7. The van der Waals surface area contributed by atoms with Gasteiger partial charge in [0.1, 0.15) is 10.7 Å². The van der Waals surface area contributed by atoms with Gasteiger partial charge in [-0.2, -0.15) is 0 Å². The number of aryl methyl sites for hydroxylation is 2. The molecule has 4 nitrogen and oxygen atoms in total.